The van der Waals surface area contributed by atoms with Gasteiger partial charge in [0.2, 0.25) is 5.91 Å². The Hall–Kier alpha value is -2.61. The van der Waals surface area contributed by atoms with Crippen LogP contribution < -0.4 is 10.6 Å². The highest BCUT2D eigenvalue weighted by atomic mass is 35.5. The molecule has 0 saturated heterocycles. The van der Waals surface area contributed by atoms with Crippen molar-refractivity contribution in [1.29, 1.82) is 0 Å². The van der Waals surface area contributed by atoms with E-state index in [-0.39, 0.29) is 34.5 Å². The van der Waals surface area contributed by atoms with E-state index in [2.05, 4.69) is 10.6 Å². The molecule has 2 amide bonds. The Balaban J connectivity index is 1.44. The summed E-state index contributed by atoms with van der Waals surface area (Å²) in [5.74, 6) is -1.43. The van der Waals surface area contributed by atoms with Gasteiger partial charge in [0.1, 0.15) is 0 Å². The number of benzene rings is 3. The van der Waals surface area contributed by atoms with Gasteiger partial charge in [-0.3, -0.25) is 9.59 Å². The number of amides is 2. The SMILES string of the molecule is O=C(NC[C@@H](O)C[C@@H](Cc1ccccc1)C(=O)N[C@H]1c2ccccc2C[C@H]1O)c1c(Cl)cc(Cl)cc1Cl. The standard InChI is InChI=1S/C28H27Cl3N2O4/c29-19-13-22(30)25(23(31)14-19)28(37)32-15-20(34)11-18(10-16-6-2-1-3-7-16)27(36)33-26-21-9-5-4-8-17(21)12-24(26)35/h1-9,13-14,18,20,24,26,34-35H,10-12,15H2,(H,32,37)(H,33,36)/t18-,20+,24-,26+/m1/s1. The van der Waals surface area contributed by atoms with Crippen molar-refractivity contribution in [2.75, 3.05) is 6.54 Å². The summed E-state index contributed by atoms with van der Waals surface area (Å²) in [5.41, 5.74) is 2.90. The van der Waals surface area contributed by atoms with E-state index in [9.17, 15) is 19.8 Å². The molecule has 3 aromatic rings. The zero-order valence-electron chi connectivity index (χ0n) is 19.8. The second-order valence-corrected chi connectivity index (χ2v) is 10.4. The maximum atomic E-state index is 13.4. The quantitative estimate of drug-likeness (QED) is 0.303. The predicted octanol–water partition coefficient (Wildman–Crippen LogP) is 4.76. The fourth-order valence-corrected chi connectivity index (χ4v) is 5.66. The number of halogens is 3. The van der Waals surface area contributed by atoms with Crippen molar-refractivity contribution >= 4 is 46.6 Å². The highest BCUT2D eigenvalue weighted by Gasteiger charge is 2.34. The Bertz CT molecular complexity index is 1250. The Morgan fingerprint density at radius 1 is 0.973 bits per heavy atom. The van der Waals surface area contributed by atoms with E-state index in [1.165, 1.54) is 12.1 Å². The van der Waals surface area contributed by atoms with Gasteiger partial charge in [-0.05, 0) is 41.7 Å². The van der Waals surface area contributed by atoms with E-state index in [1.54, 1.807) is 0 Å². The zero-order chi connectivity index (χ0) is 26.5. The molecular weight excluding hydrogens is 535 g/mol. The van der Waals surface area contributed by atoms with Gasteiger partial charge in [0.25, 0.3) is 5.91 Å². The molecule has 4 rings (SSSR count). The van der Waals surface area contributed by atoms with Gasteiger partial charge in [-0.15, -0.1) is 0 Å². The van der Waals surface area contributed by atoms with E-state index < -0.39 is 30.1 Å². The van der Waals surface area contributed by atoms with Crippen LogP contribution in [0, 0.1) is 5.92 Å². The minimum atomic E-state index is -1.02. The second kappa shape index (κ2) is 12.3. The molecule has 4 atom stereocenters. The van der Waals surface area contributed by atoms with Crippen LogP contribution in [0.5, 0.6) is 0 Å². The van der Waals surface area contributed by atoms with Crippen molar-refractivity contribution in [3.8, 4) is 0 Å². The average Bonchev–Trinajstić information content (AvgIpc) is 3.17. The summed E-state index contributed by atoms with van der Waals surface area (Å²) in [5, 5.41) is 27.5. The molecule has 0 bridgehead atoms. The summed E-state index contributed by atoms with van der Waals surface area (Å²) in [7, 11) is 0. The molecule has 0 spiro atoms. The molecule has 37 heavy (non-hydrogen) atoms. The maximum absolute atomic E-state index is 13.4. The third-order valence-corrected chi connectivity index (χ3v) is 7.30. The molecular formula is C28H27Cl3N2O4. The number of fused-ring (bicyclic) bond motifs is 1. The van der Waals surface area contributed by atoms with Gasteiger partial charge in [-0.2, -0.15) is 0 Å². The number of rotatable bonds is 9. The maximum Gasteiger partial charge on any atom is 0.254 e. The van der Waals surface area contributed by atoms with E-state index in [4.69, 9.17) is 34.8 Å². The topological polar surface area (TPSA) is 98.7 Å². The van der Waals surface area contributed by atoms with Crippen LogP contribution >= 0.6 is 34.8 Å². The highest BCUT2D eigenvalue weighted by Crippen LogP contribution is 2.32. The molecule has 0 aliphatic heterocycles. The Morgan fingerprint density at radius 2 is 1.62 bits per heavy atom. The fraction of sp³-hybridized carbons (Fsp3) is 0.286. The van der Waals surface area contributed by atoms with Gasteiger partial charge >= 0.3 is 0 Å². The molecule has 194 valence electrons. The fourth-order valence-electron chi connectivity index (χ4n) is 4.67. The van der Waals surface area contributed by atoms with Crippen LogP contribution in [0.3, 0.4) is 0 Å². The smallest absolute Gasteiger partial charge is 0.254 e. The van der Waals surface area contributed by atoms with Gasteiger partial charge in [-0.1, -0.05) is 89.4 Å². The van der Waals surface area contributed by atoms with E-state index in [0.29, 0.717) is 17.9 Å². The minimum Gasteiger partial charge on any atom is -0.391 e. The summed E-state index contributed by atoms with van der Waals surface area (Å²) < 4.78 is 0. The molecule has 0 unspecified atom stereocenters. The summed E-state index contributed by atoms with van der Waals surface area (Å²) in [4.78, 5) is 26.1. The molecule has 4 N–H and O–H groups in total. The van der Waals surface area contributed by atoms with Crippen molar-refractivity contribution in [3.63, 3.8) is 0 Å². The molecule has 9 heteroatoms. The van der Waals surface area contributed by atoms with Crippen LogP contribution in [0.4, 0.5) is 0 Å². The first-order valence-electron chi connectivity index (χ1n) is 11.9. The zero-order valence-corrected chi connectivity index (χ0v) is 22.1. The predicted molar refractivity (Wildman–Crippen MR) is 145 cm³/mol. The molecule has 3 aromatic carbocycles. The third kappa shape index (κ3) is 6.83. The van der Waals surface area contributed by atoms with Crippen LogP contribution in [-0.2, 0) is 17.6 Å². The molecule has 1 aliphatic rings. The van der Waals surface area contributed by atoms with Crippen molar-refractivity contribution in [3.05, 3.63) is 104 Å². The number of aliphatic hydroxyl groups excluding tert-OH is 2. The number of hydrogen-bond donors (Lipinski definition) is 4. The van der Waals surface area contributed by atoms with E-state index >= 15 is 0 Å². The first-order chi connectivity index (χ1) is 17.7. The van der Waals surface area contributed by atoms with Gasteiger partial charge in [-0.25, -0.2) is 0 Å². The van der Waals surface area contributed by atoms with Gasteiger partial charge < -0.3 is 20.8 Å². The Kier molecular flexibility index (Phi) is 9.11. The van der Waals surface area contributed by atoms with Gasteiger partial charge in [0.05, 0.1) is 33.9 Å². The van der Waals surface area contributed by atoms with Crippen LogP contribution in [0.15, 0.2) is 66.7 Å². The van der Waals surface area contributed by atoms with Crippen molar-refractivity contribution in [2.45, 2.75) is 37.5 Å². The number of nitrogens with one attached hydrogen (secondary N) is 2. The molecule has 0 fully saturated rings. The largest absolute Gasteiger partial charge is 0.391 e. The summed E-state index contributed by atoms with van der Waals surface area (Å²) in [6.45, 7) is -0.110. The number of carbonyl (C=O) groups is 2. The van der Waals surface area contributed by atoms with Crippen molar-refractivity contribution in [2.24, 2.45) is 5.92 Å². The van der Waals surface area contributed by atoms with Crippen LogP contribution in [-0.4, -0.2) is 40.8 Å². The first-order valence-corrected chi connectivity index (χ1v) is 13.1. The lowest BCUT2D eigenvalue weighted by atomic mass is 9.92. The van der Waals surface area contributed by atoms with Crippen LogP contribution in [0.2, 0.25) is 15.1 Å². The molecule has 0 saturated carbocycles. The Labute approximate surface area is 230 Å². The first kappa shape index (κ1) is 27.4. The summed E-state index contributed by atoms with van der Waals surface area (Å²) in [6.07, 6.45) is -0.801. The normalized spacial score (nSPS) is 18.1. The van der Waals surface area contributed by atoms with E-state index in [1.807, 2.05) is 54.6 Å². The monoisotopic (exact) mass is 560 g/mol. The minimum absolute atomic E-state index is 0.0624. The summed E-state index contributed by atoms with van der Waals surface area (Å²) in [6, 6.07) is 19.4. The molecule has 0 radical (unpaired) electrons. The third-order valence-electron chi connectivity index (χ3n) is 6.49. The molecule has 0 aromatic heterocycles. The van der Waals surface area contributed by atoms with Gasteiger partial charge in [0.15, 0.2) is 0 Å². The number of carbonyl (C=O) groups excluding carboxylic acids is 2. The number of hydrogen-bond acceptors (Lipinski definition) is 4. The second-order valence-electron chi connectivity index (χ2n) is 9.19. The van der Waals surface area contributed by atoms with Gasteiger partial charge in [0, 0.05) is 23.9 Å². The molecule has 1 aliphatic carbocycles. The average molecular weight is 562 g/mol. The molecule has 6 nitrogen and oxygen atoms in total. The lowest BCUT2D eigenvalue weighted by Gasteiger charge is -2.24. The van der Waals surface area contributed by atoms with E-state index in [0.717, 1.165) is 16.7 Å². The summed E-state index contributed by atoms with van der Waals surface area (Å²) >= 11 is 18.2. The van der Waals surface area contributed by atoms with Crippen LogP contribution in [0.1, 0.15) is 39.5 Å². The number of aliphatic hydroxyl groups is 2. The van der Waals surface area contributed by atoms with Crippen molar-refractivity contribution in [1.82, 2.24) is 10.6 Å². The lowest BCUT2D eigenvalue weighted by Crippen LogP contribution is -2.41. The van der Waals surface area contributed by atoms with Crippen LogP contribution in [0.25, 0.3) is 0 Å². The van der Waals surface area contributed by atoms with Crippen molar-refractivity contribution < 1.29 is 19.8 Å². The molecule has 0 heterocycles. The highest BCUT2D eigenvalue weighted by molar-refractivity contribution is 6.42. The Morgan fingerprint density at radius 3 is 2.32 bits per heavy atom. The lowest BCUT2D eigenvalue weighted by molar-refractivity contribution is -0.127.